The summed E-state index contributed by atoms with van der Waals surface area (Å²) in [6, 6.07) is 16.9. The molecule has 1 saturated carbocycles. The van der Waals surface area contributed by atoms with Gasteiger partial charge in [-0.2, -0.15) is 0 Å². The number of benzene rings is 2. The van der Waals surface area contributed by atoms with Crippen LogP contribution in [0.5, 0.6) is 11.5 Å². The van der Waals surface area contributed by atoms with Crippen LogP contribution in [0.15, 0.2) is 66.7 Å². The second-order valence-corrected chi connectivity index (χ2v) is 7.59. The van der Waals surface area contributed by atoms with Gasteiger partial charge in [0, 0.05) is 6.08 Å². The fraction of sp³-hybridized carbons (Fsp3) is 0.304. The Morgan fingerprint density at radius 3 is 2.43 bits per heavy atom. The van der Waals surface area contributed by atoms with Gasteiger partial charge < -0.3 is 14.6 Å². The Morgan fingerprint density at radius 1 is 1.07 bits per heavy atom. The molecular formula is C23H24O5. The molecule has 1 aliphatic rings. The monoisotopic (exact) mass is 380 g/mol. The van der Waals surface area contributed by atoms with Crippen molar-refractivity contribution in [2.24, 2.45) is 17.3 Å². The number of carboxylic acid groups (broad SMARTS) is 1. The molecule has 0 saturated heterocycles. The van der Waals surface area contributed by atoms with E-state index < -0.39 is 12.1 Å². The number of allylic oxidation sites excluding steroid dienone is 1. The highest BCUT2D eigenvalue weighted by Gasteiger charge is 2.61. The van der Waals surface area contributed by atoms with Crippen molar-refractivity contribution in [2.45, 2.75) is 26.9 Å². The first-order valence-corrected chi connectivity index (χ1v) is 9.23. The lowest BCUT2D eigenvalue weighted by Gasteiger charge is -2.15. The quantitative estimate of drug-likeness (QED) is 0.541. The molecule has 3 atom stereocenters. The number of carbonyl (C=O) groups excluding carboxylic acids is 1. The number of aliphatic carboxylic acids is 1. The Balaban J connectivity index is 1.65. The lowest BCUT2D eigenvalue weighted by atomic mass is 10.1. The van der Waals surface area contributed by atoms with Crippen LogP contribution in [0.25, 0.3) is 0 Å². The average Bonchev–Trinajstić information content (AvgIpc) is 3.21. The van der Waals surface area contributed by atoms with Gasteiger partial charge in [-0.15, -0.1) is 0 Å². The molecule has 0 heterocycles. The Kier molecular flexibility index (Phi) is 5.54. The standard InChI is InChI=1S/C23H24O5/c1-15(27-22(26)21-19(23(21,2)3)12-13-20(24)25)16-8-7-11-18(14-16)28-17-9-5-4-6-10-17/h4-15,19,21H,1-3H3,(H,24,25)/t15-,19?,21?/m1/s1. The van der Waals surface area contributed by atoms with Gasteiger partial charge in [0.15, 0.2) is 0 Å². The zero-order valence-corrected chi connectivity index (χ0v) is 16.2. The molecule has 2 unspecified atom stereocenters. The van der Waals surface area contributed by atoms with E-state index in [1.807, 2.05) is 75.4 Å². The molecule has 28 heavy (non-hydrogen) atoms. The van der Waals surface area contributed by atoms with E-state index in [0.29, 0.717) is 5.75 Å². The van der Waals surface area contributed by atoms with Crippen molar-refractivity contribution >= 4 is 11.9 Å². The van der Waals surface area contributed by atoms with E-state index in [1.54, 1.807) is 6.08 Å². The fourth-order valence-corrected chi connectivity index (χ4v) is 3.44. The van der Waals surface area contributed by atoms with E-state index in [4.69, 9.17) is 14.6 Å². The van der Waals surface area contributed by atoms with Crippen molar-refractivity contribution in [3.63, 3.8) is 0 Å². The highest BCUT2D eigenvalue weighted by molar-refractivity contribution is 5.82. The van der Waals surface area contributed by atoms with Crippen LogP contribution >= 0.6 is 0 Å². The highest BCUT2D eigenvalue weighted by Crippen LogP contribution is 2.59. The normalized spacial score (nSPS) is 21.1. The van der Waals surface area contributed by atoms with Gasteiger partial charge in [0.2, 0.25) is 0 Å². The van der Waals surface area contributed by atoms with Crippen molar-refractivity contribution < 1.29 is 24.2 Å². The molecular weight excluding hydrogens is 356 g/mol. The maximum atomic E-state index is 12.6. The van der Waals surface area contributed by atoms with E-state index in [2.05, 4.69) is 0 Å². The van der Waals surface area contributed by atoms with E-state index in [-0.39, 0.29) is 23.2 Å². The predicted octanol–water partition coefficient (Wildman–Crippen LogP) is 5.00. The number of ether oxygens (including phenoxy) is 2. The first kappa shape index (κ1) is 19.7. The molecule has 5 heteroatoms. The van der Waals surface area contributed by atoms with Gasteiger partial charge in [-0.1, -0.05) is 50.3 Å². The highest BCUT2D eigenvalue weighted by atomic mass is 16.5. The Hall–Kier alpha value is -3.08. The smallest absolute Gasteiger partial charge is 0.327 e. The molecule has 146 valence electrons. The summed E-state index contributed by atoms with van der Waals surface area (Å²) in [4.78, 5) is 23.3. The molecule has 2 aromatic carbocycles. The minimum atomic E-state index is -1.02. The molecule has 1 N–H and O–H groups in total. The third kappa shape index (κ3) is 4.42. The van der Waals surface area contributed by atoms with Crippen LogP contribution < -0.4 is 4.74 Å². The van der Waals surface area contributed by atoms with Gasteiger partial charge in [0.25, 0.3) is 0 Å². The van der Waals surface area contributed by atoms with Gasteiger partial charge in [-0.3, -0.25) is 4.79 Å². The number of hydrogen-bond acceptors (Lipinski definition) is 4. The van der Waals surface area contributed by atoms with Crippen LogP contribution in [0.2, 0.25) is 0 Å². The first-order chi connectivity index (χ1) is 13.3. The lowest BCUT2D eigenvalue weighted by molar-refractivity contribution is -0.151. The minimum Gasteiger partial charge on any atom is -0.478 e. The molecule has 0 spiro atoms. The molecule has 2 aromatic rings. The van der Waals surface area contributed by atoms with E-state index in [9.17, 15) is 9.59 Å². The number of hydrogen-bond donors (Lipinski definition) is 1. The summed E-state index contributed by atoms with van der Waals surface area (Å²) in [6.45, 7) is 5.69. The second kappa shape index (κ2) is 7.89. The van der Waals surface area contributed by atoms with Gasteiger partial charge in [0.05, 0.1) is 5.92 Å². The Labute approximate surface area is 164 Å². The molecule has 0 radical (unpaired) electrons. The van der Waals surface area contributed by atoms with Crippen LogP contribution in [0.4, 0.5) is 0 Å². The summed E-state index contributed by atoms with van der Waals surface area (Å²) < 4.78 is 11.5. The third-order valence-corrected chi connectivity index (χ3v) is 5.21. The van der Waals surface area contributed by atoms with Crippen molar-refractivity contribution in [3.8, 4) is 11.5 Å². The van der Waals surface area contributed by atoms with Gasteiger partial charge in [-0.25, -0.2) is 4.79 Å². The maximum Gasteiger partial charge on any atom is 0.327 e. The van der Waals surface area contributed by atoms with Crippen molar-refractivity contribution in [1.29, 1.82) is 0 Å². The van der Waals surface area contributed by atoms with E-state index >= 15 is 0 Å². The minimum absolute atomic E-state index is 0.129. The van der Waals surface area contributed by atoms with Gasteiger partial charge in [-0.05, 0) is 48.1 Å². The summed E-state index contributed by atoms with van der Waals surface area (Å²) in [5.41, 5.74) is 0.527. The average molecular weight is 380 g/mol. The van der Waals surface area contributed by atoms with Crippen LogP contribution in [-0.4, -0.2) is 17.0 Å². The molecule has 0 amide bonds. The zero-order valence-electron chi connectivity index (χ0n) is 16.2. The van der Waals surface area contributed by atoms with Gasteiger partial charge >= 0.3 is 11.9 Å². The second-order valence-electron chi connectivity index (χ2n) is 7.59. The Morgan fingerprint density at radius 2 is 1.75 bits per heavy atom. The van der Waals surface area contributed by atoms with E-state index in [0.717, 1.165) is 17.4 Å². The number of rotatable bonds is 7. The van der Waals surface area contributed by atoms with Crippen molar-refractivity contribution in [3.05, 3.63) is 72.3 Å². The molecule has 0 bridgehead atoms. The molecule has 1 aliphatic carbocycles. The van der Waals surface area contributed by atoms with Crippen LogP contribution in [0, 0.1) is 17.3 Å². The Bertz CT molecular complexity index is 885. The number of para-hydroxylation sites is 1. The van der Waals surface area contributed by atoms with E-state index in [1.165, 1.54) is 0 Å². The molecule has 1 fully saturated rings. The topological polar surface area (TPSA) is 72.8 Å². The summed E-state index contributed by atoms with van der Waals surface area (Å²) in [5, 5.41) is 8.80. The molecule has 0 aliphatic heterocycles. The molecule has 5 nitrogen and oxygen atoms in total. The summed E-state index contributed by atoms with van der Waals surface area (Å²) in [5.74, 6) is -0.395. The summed E-state index contributed by atoms with van der Waals surface area (Å²) in [7, 11) is 0. The SMILES string of the molecule is C[C@@H](OC(=O)C1C(C=CC(=O)O)C1(C)C)c1cccc(Oc2ccccc2)c1. The predicted molar refractivity (Wildman–Crippen MR) is 105 cm³/mol. The first-order valence-electron chi connectivity index (χ1n) is 9.23. The molecule has 0 aromatic heterocycles. The van der Waals surface area contributed by atoms with Crippen molar-refractivity contribution in [2.75, 3.05) is 0 Å². The number of carbonyl (C=O) groups is 2. The van der Waals surface area contributed by atoms with Gasteiger partial charge in [0.1, 0.15) is 17.6 Å². The molecule has 3 rings (SSSR count). The lowest BCUT2D eigenvalue weighted by Crippen LogP contribution is -2.13. The largest absolute Gasteiger partial charge is 0.478 e. The summed E-state index contributed by atoms with van der Waals surface area (Å²) >= 11 is 0. The number of esters is 1. The summed E-state index contributed by atoms with van der Waals surface area (Å²) in [6.07, 6.45) is 2.23. The third-order valence-electron chi connectivity index (χ3n) is 5.21. The fourth-order valence-electron chi connectivity index (χ4n) is 3.44. The van der Waals surface area contributed by atoms with Crippen LogP contribution in [0.1, 0.15) is 32.4 Å². The van der Waals surface area contributed by atoms with Crippen LogP contribution in [0.3, 0.4) is 0 Å². The number of carboxylic acids is 1. The van der Waals surface area contributed by atoms with Crippen LogP contribution in [-0.2, 0) is 14.3 Å². The zero-order chi connectivity index (χ0) is 20.3. The van der Waals surface area contributed by atoms with Crippen molar-refractivity contribution in [1.82, 2.24) is 0 Å². The maximum absolute atomic E-state index is 12.6.